The van der Waals surface area contributed by atoms with Crippen LogP contribution in [0.2, 0.25) is 10.0 Å². The topological polar surface area (TPSA) is 78.3 Å². The van der Waals surface area contributed by atoms with Gasteiger partial charge in [0, 0.05) is 29.4 Å². The number of aromatic nitrogens is 1. The predicted molar refractivity (Wildman–Crippen MR) is 132 cm³/mol. The van der Waals surface area contributed by atoms with Gasteiger partial charge in [0.2, 0.25) is 0 Å². The normalized spacial score (nSPS) is 10.7. The fourth-order valence-electron chi connectivity index (χ4n) is 3.65. The number of pyridine rings is 1. The van der Waals surface area contributed by atoms with Crippen molar-refractivity contribution in [2.75, 3.05) is 26.6 Å². The molecule has 2 heterocycles. The van der Waals surface area contributed by atoms with Gasteiger partial charge in [-0.2, -0.15) is 0 Å². The Morgan fingerprint density at radius 1 is 0.824 bits per heavy atom. The number of carbonyl (C=O) groups is 2. The van der Waals surface area contributed by atoms with Gasteiger partial charge in [0.05, 0.1) is 37.1 Å². The molecule has 2 aromatic carbocycles. The molecule has 7 nitrogen and oxygen atoms in total. The van der Waals surface area contributed by atoms with Gasteiger partial charge >= 0.3 is 0 Å². The largest absolute Gasteiger partial charge is 0.495 e. The highest BCUT2D eigenvalue weighted by Gasteiger charge is 2.26. The molecule has 0 spiro atoms. The van der Waals surface area contributed by atoms with Crippen molar-refractivity contribution in [1.29, 1.82) is 0 Å². The molecule has 0 fully saturated rings. The number of anilines is 1. The highest BCUT2D eigenvalue weighted by Crippen LogP contribution is 2.37. The molecule has 0 bridgehead atoms. The minimum Gasteiger partial charge on any atom is -0.495 e. The number of nitrogens with zero attached hydrogens (tertiary/aromatic N) is 1. The van der Waals surface area contributed by atoms with E-state index in [4.69, 9.17) is 37.4 Å². The van der Waals surface area contributed by atoms with Crippen LogP contribution in [0.1, 0.15) is 10.5 Å². The summed E-state index contributed by atoms with van der Waals surface area (Å²) in [7, 11) is 4.40. The van der Waals surface area contributed by atoms with E-state index in [2.05, 4.69) is 5.32 Å². The van der Waals surface area contributed by atoms with Crippen LogP contribution in [0, 0.1) is 0 Å². The van der Waals surface area contributed by atoms with E-state index in [-0.39, 0.29) is 17.1 Å². The van der Waals surface area contributed by atoms with Gasteiger partial charge in [-0.1, -0.05) is 35.3 Å². The molecule has 0 saturated heterocycles. The molecule has 2 aromatic heterocycles. The molecular formula is C25H20Cl2N2O5. The standard InChI is InChI=1S/C25H20Cl2N2O5/c1-32-20-8-7-14(10-17(20)26)16-11-15-6-4-5-9-29(15)23(16)24(30)25(31)28-19-13-21(33-2)18(27)12-22(19)34-3/h4-13H,1-3H3,(H,28,31). The molecule has 0 unspecified atom stereocenters. The number of benzene rings is 2. The second-order valence-electron chi connectivity index (χ2n) is 7.22. The van der Waals surface area contributed by atoms with Gasteiger partial charge < -0.3 is 23.9 Å². The fourth-order valence-corrected chi connectivity index (χ4v) is 4.14. The smallest absolute Gasteiger partial charge is 0.298 e. The molecule has 34 heavy (non-hydrogen) atoms. The van der Waals surface area contributed by atoms with Crippen molar-refractivity contribution in [1.82, 2.24) is 4.40 Å². The van der Waals surface area contributed by atoms with Gasteiger partial charge in [0.25, 0.3) is 11.7 Å². The average molecular weight is 499 g/mol. The maximum Gasteiger partial charge on any atom is 0.298 e. The van der Waals surface area contributed by atoms with Crippen LogP contribution in [0.3, 0.4) is 0 Å². The molecule has 0 aliphatic carbocycles. The second-order valence-corrected chi connectivity index (χ2v) is 8.04. The highest BCUT2D eigenvalue weighted by molar-refractivity contribution is 6.47. The molecule has 0 aliphatic heterocycles. The van der Waals surface area contributed by atoms with Crippen LogP contribution in [0.15, 0.2) is 60.8 Å². The summed E-state index contributed by atoms with van der Waals surface area (Å²) in [6.07, 6.45) is 1.72. The van der Waals surface area contributed by atoms with Gasteiger partial charge in [-0.3, -0.25) is 9.59 Å². The van der Waals surface area contributed by atoms with Crippen molar-refractivity contribution in [2.45, 2.75) is 0 Å². The summed E-state index contributed by atoms with van der Waals surface area (Å²) in [5, 5.41) is 3.30. The van der Waals surface area contributed by atoms with Crippen molar-refractivity contribution in [3.63, 3.8) is 0 Å². The van der Waals surface area contributed by atoms with E-state index in [0.29, 0.717) is 32.7 Å². The minimum atomic E-state index is -0.854. The summed E-state index contributed by atoms with van der Waals surface area (Å²) >= 11 is 12.5. The number of methoxy groups -OCH3 is 3. The number of fused-ring (bicyclic) bond motifs is 1. The first-order chi connectivity index (χ1) is 16.4. The Bertz CT molecular complexity index is 1410. The first-order valence-corrected chi connectivity index (χ1v) is 10.8. The van der Waals surface area contributed by atoms with E-state index in [1.807, 2.05) is 18.2 Å². The second kappa shape index (κ2) is 9.67. The minimum absolute atomic E-state index is 0.189. The number of ether oxygens (including phenoxy) is 3. The van der Waals surface area contributed by atoms with Crippen LogP contribution >= 0.6 is 23.2 Å². The lowest BCUT2D eigenvalue weighted by atomic mass is 10.0. The summed E-state index contributed by atoms with van der Waals surface area (Å²) in [6.45, 7) is 0. The van der Waals surface area contributed by atoms with E-state index in [9.17, 15) is 9.59 Å². The number of halogens is 2. The third kappa shape index (κ3) is 4.27. The lowest BCUT2D eigenvalue weighted by molar-refractivity contribution is -0.112. The van der Waals surface area contributed by atoms with Crippen LogP contribution in [0.25, 0.3) is 16.6 Å². The summed E-state index contributed by atoms with van der Waals surface area (Å²) in [5.41, 5.74) is 2.39. The number of Topliss-reactive ketones (excluding diaryl/α,β-unsaturated/α-hetero) is 1. The maximum atomic E-state index is 13.5. The van der Waals surface area contributed by atoms with Gasteiger partial charge in [-0.25, -0.2) is 0 Å². The first-order valence-electron chi connectivity index (χ1n) is 10.1. The fraction of sp³-hybridized carbons (Fsp3) is 0.120. The maximum absolute atomic E-state index is 13.5. The number of ketones is 1. The first kappa shape index (κ1) is 23.5. The zero-order chi connectivity index (χ0) is 24.4. The van der Waals surface area contributed by atoms with Crippen LogP contribution < -0.4 is 19.5 Å². The zero-order valence-electron chi connectivity index (χ0n) is 18.5. The lowest BCUT2D eigenvalue weighted by Gasteiger charge is -2.13. The van der Waals surface area contributed by atoms with E-state index in [1.165, 1.54) is 33.5 Å². The lowest BCUT2D eigenvalue weighted by Crippen LogP contribution is -2.25. The number of nitrogens with one attached hydrogen (secondary N) is 1. The molecule has 4 aromatic rings. The van der Waals surface area contributed by atoms with E-state index in [0.717, 1.165) is 5.52 Å². The molecule has 9 heteroatoms. The predicted octanol–water partition coefficient (Wildman–Crippen LogP) is 5.76. The van der Waals surface area contributed by atoms with E-state index < -0.39 is 11.7 Å². The van der Waals surface area contributed by atoms with Crippen molar-refractivity contribution in [3.8, 4) is 28.4 Å². The Kier molecular flexibility index (Phi) is 6.68. The van der Waals surface area contributed by atoms with E-state index in [1.54, 1.807) is 34.9 Å². The molecule has 0 saturated carbocycles. The van der Waals surface area contributed by atoms with Crippen molar-refractivity contribution < 1.29 is 23.8 Å². The van der Waals surface area contributed by atoms with Gasteiger partial charge in [-0.05, 0) is 35.9 Å². The number of amides is 1. The molecule has 4 rings (SSSR count). The van der Waals surface area contributed by atoms with Crippen molar-refractivity contribution in [3.05, 3.63) is 76.5 Å². The van der Waals surface area contributed by atoms with E-state index >= 15 is 0 Å². The zero-order valence-corrected chi connectivity index (χ0v) is 20.0. The molecule has 0 radical (unpaired) electrons. The number of hydrogen-bond acceptors (Lipinski definition) is 5. The third-order valence-electron chi connectivity index (χ3n) is 5.29. The summed E-state index contributed by atoms with van der Waals surface area (Å²) < 4.78 is 17.4. The van der Waals surface area contributed by atoms with Gasteiger partial charge in [-0.15, -0.1) is 0 Å². The third-order valence-corrected chi connectivity index (χ3v) is 5.88. The number of hydrogen-bond donors (Lipinski definition) is 1. The average Bonchev–Trinajstić information content (AvgIpc) is 3.23. The molecule has 0 aliphatic rings. The summed E-state index contributed by atoms with van der Waals surface area (Å²) in [5.74, 6) is -0.485. The molecule has 174 valence electrons. The molecule has 0 atom stereocenters. The van der Waals surface area contributed by atoms with Crippen LogP contribution in [-0.4, -0.2) is 37.4 Å². The van der Waals surface area contributed by atoms with Crippen LogP contribution in [-0.2, 0) is 4.79 Å². The van der Waals surface area contributed by atoms with Crippen LogP contribution in [0.4, 0.5) is 5.69 Å². The quantitative estimate of drug-likeness (QED) is 0.259. The Labute approximate surface area is 205 Å². The Hall–Kier alpha value is -3.68. The Morgan fingerprint density at radius 3 is 2.21 bits per heavy atom. The number of rotatable bonds is 7. The van der Waals surface area contributed by atoms with Gasteiger partial charge in [0.1, 0.15) is 22.9 Å². The Morgan fingerprint density at radius 2 is 1.53 bits per heavy atom. The molecule has 1 amide bonds. The van der Waals surface area contributed by atoms with Crippen molar-refractivity contribution in [2.24, 2.45) is 0 Å². The monoisotopic (exact) mass is 498 g/mol. The highest BCUT2D eigenvalue weighted by atomic mass is 35.5. The van der Waals surface area contributed by atoms with Gasteiger partial charge in [0.15, 0.2) is 0 Å². The Balaban J connectivity index is 1.78. The molecule has 1 N–H and O–H groups in total. The summed E-state index contributed by atoms with van der Waals surface area (Å²) in [6, 6.07) is 15.5. The summed E-state index contributed by atoms with van der Waals surface area (Å²) in [4.78, 5) is 26.6. The van der Waals surface area contributed by atoms with Crippen molar-refractivity contribution >= 4 is 46.1 Å². The van der Waals surface area contributed by atoms with Crippen LogP contribution in [0.5, 0.6) is 17.2 Å². The molecular weight excluding hydrogens is 479 g/mol. The number of carbonyl (C=O) groups excluding carboxylic acids is 2. The SMILES string of the molecule is COc1ccc(-c2cc3ccccn3c2C(=O)C(=O)Nc2cc(OC)c(Cl)cc2OC)cc1Cl.